The van der Waals surface area contributed by atoms with Crippen LogP contribution in [0.5, 0.6) is 0 Å². The number of fused-ring (bicyclic) bond motifs is 5. The molecule has 0 saturated heterocycles. The van der Waals surface area contributed by atoms with Gasteiger partial charge in [-0.05, 0) is 97.6 Å². The molecule has 2 fully saturated rings. The van der Waals surface area contributed by atoms with Crippen LogP contribution in [0, 0.1) is 41.4 Å². The van der Waals surface area contributed by atoms with Crippen LogP contribution in [0.25, 0.3) is 0 Å². The first-order valence-corrected chi connectivity index (χ1v) is 14.5. The molecule has 1 heterocycles. The Morgan fingerprint density at radius 2 is 1.76 bits per heavy atom. The Hall–Kier alpha value is -1.77. The van der Waals surface area contributed by atoms with E-state index in [-0.39, 0.29) is 10.8 Å². The minimum Gasteiger partial charge on any atom is -0.392 e. The summed E-state index contributed by atoms with van der Waals surface area (Å²) in [7, 11) is 2.02. The number of halogens is 1. The predicted molar refractivity (Wildman–Crippen MR) is 160 cm³/mol. The summed E-state index contributed by atoms with van der Waals surface area (Å²) in [6, 6.07) is 4.37. The van der Waals surface area contributed by atoms with Gasteiger partial charge in [0.1, 0.15) is 0 Å². The lowest BCUT2D eigenvalue weighted by atomic mass is 9.57. The number of aliphatic hydroxyl groups excluding tert-OH is 1. The van der Waals surface area contributed by atoms with Gasteiger partial charge >= 0.3 is 0 Å². The maximum Gasteiger partial charge on any atom is 0.0672 e. The standard InChI is InChI=1S/C34H48ClNO/c1-21-11-10-12-24(4)33(7)19-28(14-22(2)26(33)6)17-29-20-34(29,8)31(37)16-25(5)36(9)30-18-27(13-21)15-23(3)32(30)35/h10-12,15,18,24,26,28-29,31,37H,2,5,13-14,16-17,19-20H2,1,3-4,6-9H3/b12-10+,21-11+/t24-,26?,28?,29?,31+,33+,34?/m1/s1. The number of aliphatic hydroxyl groups is 1. The van der Waals surface area contributed by atoms with E-state index < -0.39 is 6.10 Å². The van der Waals surface area contributed by atoms with Crippen molar-refractivity contribution in [2.24, 2.45) is 34.5 Å². The molecule has 4 rings (SSSR count). The molecule has 1 aromatic rings. The lowest BCUT2D eigenvalue weighted by molar-refractivity contribution is 0.0697. The molecule has 3 aliphatic rings. The van der Waals surface area contributed by atoms with Gasteiger partial charge in [-0.2, -0.15) is 0 Å². The zero-order valence-corrected chi connectivity index (χ0v) is 25.0. The van der Waals surface area contributed by atoms with Gasteiger partial charge in [-0.25, -0.2) is 0 Å². The minimum atomic E-state index is -0.401. The minimum absolute atomic E-state index is 0.0401. The fraction of sp³-hybridized carbons (Fsp3) is 0.588. The predicted octanol–water partition coefficient (Wildman–Crippen LogP) is 9.07. The van der Waals surface area contributed by atoms with Crippen LogP contribution in [-0.2, 0) is 6.42 Å². The Bertz CT molecular complexity index is 1130. The van der Waals surface area contributed by atoms with Crippen molar-refractivity contribution in [2.75, 3.05) is 11.9 Å². The quantitative estimate of drug-likeness (QED) is 0.344. The monoisotopic (exact) mass is 521 g/mol. The van der Waals surface area contributed by atoms with Gasteiger partial charge in [-0.1, -0.05) is 87.9 Å². The highest BCUT2D eigenvalue weighted by molar-refractivity contribution is 6.34. The average Bonchev–Trinajstić information content (AvgIpc) is 3.48. The number of rotatable bonds is 0. The molecule has 4 bridgehead atoms. The highest BCUT2D eigenvalue weighted by atomic mass is 35.5. The van der Waals surface area contributed by atoms with Gasteiger partial charge in [0.2, 0.25) is 0 Å². The maximum absolute atomic E-state index is 11.4. The molecule has 202 valence electrons. The molecule has 1 aromatic carbocycles. The summed E-state index contributed by atoms with van der Waals surface area (Å²) >= 11 is 6.78. The molecule has 0 aromatic heterocycles. The second-order valence-electron chi connectivity index (χ2n) is 13.3. The van der Waals surface area contributed by atoms with E-state index in [1.54, 1.807) is 0 Å². The fourth-order valence-corrected chi connectivity index (χ4v) is 7.42. The van der Waals surface area contributed by atoms with Crippen LogP contribution in [-0.4, -0.2) is 18.3 Å². The van der Waals surface area contributed by atoms with E-state index in [1.807, 2.05) is 7.05 Å². The number of aryl methyl sites for hydroxylation is 1. The molecule has 0 radical (unpaired) electrons. The number of allylic oxidation sites excluding steroid dienone is 5. The highest BCUT2D eigenvalue weighted by Gasteiger charge is 2.56. The molecule has 0 spiro atoms. The molecule has 0 amide bonds. The normalized spacial score (nSPS) is 39.5. The summed E-state index contributed by atoms with van der Waals surface area (Å²) in [4.78, 5) is 2.08. The van der Waals surface area contributed by atoms with Gasteiger partial charge in [-0.3, -0.25) is 0 Å². The van der Waals surface area contributed by atoms with Crippen LogP contribution in [0.1, 0.15) is 77.8 Å². The molecule has 1 aliphatic heterocycles. The van der Waals surface area contributed by atoms with Crippen LogP contribution < -0.4 is 4.90 Å². The molecule has 7 atom stereocenters. The van der Waals surface area contributed by atoms with Crippen LogP contribution >= 0.6 is 11.6 Å². The van der Waals surface area contributed by atoms with Gasteiger partial charge in [0.15, 0.2) is 0 Å². The van der Waals surface area contributed by atoms with E-state index in [0.29, 0.717) is 30.1 Å². The molecular weight excluding hydrogens is 474 g/mol. The Labute approximate surface area is 231 Å². The fourth-order valence-electron chi connectivity index (χ4n) is 7.19. The molecule has 2 nitrogen and oxygen atoms in total. The molecular formula is C34H48ClNO. The highest BCUT2D eigenvalue weighted by Crippen LogP contribution is 2.61. The van der Waals surface area contributed by atoms with Crippen LogP contribution in [0.2, 0.25) is 5.02 Å². The molecule has 4 unspecified atom stereocenters. The van der Waals surface area contributed by atoms with Crippen molar-refractivity contribution in [1.29, 1.82) is 0 Å². The number of anilines is 1. The Morgan fingerprint density at radius 3 is 2.46 bits per heavy atom. The van der Waals surface area contributed by atoms with Gasteiger partial charge in [0.05, 0.1) is 16.8 Å². The van der Waals surface area contributed by atoms with E-state index in [4.69, 9.17) is 11.6 Å². The molecule has 2 saturated carbocycles. The summed E-state index contributed by atoms with van der Waals surface area (Å²) in [6.45, 7) is 22.7. The zero-order valence-electron chi connectivity index (χ0n) is 24.2. The Morgan fingerprint density at radius 1 is 1.05 bits per heavy atom. The Balaban J connectivity index is 1.70. The first-order chi connectivity index (χ1) is 17.3. The summed E-state index contributed by atoms with van der Waals surface area (Å²) in [5.74, 6) is 2.17. The van der Waals surface area contributed by atoms with Crippen molar-refractivity contribution in [1.82, 2.24) is 0 Å². The van der Waals surface area contributed by atoms with E-state index >= 15 is 0 Å². The third-order valence-corrected chi connectivity index (χ3v) is 11.1. The van der Waals surface area contributed by atoms with E-state index in [2.05, 4.69) is 90.0 Å². The van der Waals surface area contributed by atoms with Gasteiger partial charge in [0, 0.05) is 19.2 Å². The number of hydrogen-bond acceptors (Lipinski definition) is 2. The number of benzene rings is 1. The first kappa shape index (κ1) is 28.2. The van der Waals surface area contributed by atoms with Crippen molar-refractivity contribution < 1.29 is 5.11 Å². The first-order valence-electron chi connectivity index (χ1n) is 14.2. The van der Waals surface area contributed by atoms with Crippen molar-refractivity contribution in [2.45, 2.75) is 86.2 Å². The zero-order chi connectivity index (χ0) is 27.3. The van der Waals surface area contributed by atoms with Crippen molar-refractivity contribution in [3.05, 3.63) is 76.5 Å². The maximum atomic E-state index is 11.4. The van der Waals surface area contributed by atoms with Gasteiger partial charge in [0.25, 0.3) is 0 Å². The molecule has 3 heteroatoms. The third kappa shape index (κ3) is 5.52. The SMILES string of the molecule is C=C1CC2CC3CC3(C)[C@@H](O)CC(=C)N(C)c3cc(cc(C)c3Cl)C/C(C)=C/C=C/[C@@H](C)[C@](C)(C2)C1C. The lowest BCUT2D eigenvalue weighted by Crippen LogP contribution is -2.39. The largest absolute Gasteiger partial charge is 0.392 e. The summed E-state index contributed by atoms with van der Waals surface area (Å²) in [6.07, 6.45) is 12.6. The van der Waals surface area contributed by atoms with E-state index in [1.165, 1.54) is 29.6 Å². The second-order valence-corrected chi connectivity index (χ2v) is 13.6. The summed E-state index contributed by atoms with van der Waals surface area (Å²) < 4.78 is 0. The van der Waals surface area contributed by atoms with Crippen LogP contribution in [0.3, 0.4) is 0 Å². The molecule has 1 N–H and O–H groups in total. The van der Waals surface area contributed by atoms with Gasteiger partial charge in [-0.15, -0.1) is 0 Å². The lowest BCUT2D eigenvalue weighted by Gasteiger charge is -2.48. The van der Waals surface area contributed by atoms with Crippen LogP contribution in [0.15, 0.2) is 60.4 Å². The number of hydrogen-bond donors (Lipinski definition) is 1. The van der Waals surface area contributed by atoms with E-state index in [0.717, 1.165) is 41.2 Å². The van der Waals surface area contributed by atoms with Gasteiger partial charge < -0.3 is 10.0 Å². The molecule has 37 heavy (non-hydrogen) atoms. The van der Waals surface area contributed by atoms with E-state index in [9.17, 15) is 5.11 Å². The van der Waals surface area contributed by atoms with Crippen molar-refractivity contribution in [3.8, 4) is 0 Å². The topological polar surface area (TPSA) is 23.5 Å². The molecule has 2 aliphatic carbocycles. The van der Waals surface area contributed by atoms with Crippen molar-refractivity contribution in [3.63, 3.8) is 0 Å². The Kier molecular flexibility index (Phi) is 7.95. The second kappa shape index (κ2) is 10.4. The average molecular weight is 522 g/mol. The third-order valence-electron chi connectivity index (χ3n) is 10.6. The summed E-state index contributed by atoms with van der Waals surface area (Å²) in [5.41, 5.74) is 7.07. The summed E-state index contributed by atoms with van der Waals surface area (Å²) in [5, 5.41) is 12.1. The smallest absolute Gasteiger partial charge is 0.0672 e. The van der Waals surface area contributed by atoms with Crippen molar-refractivity contribution >= 4 is 17.3 Å². The number of nitrogens with zero attached hydrogens (tertiary/aromatic N) is 1. The van der Waals surface area contributed by atoms with Crippen LogP contribution in [0.4, 0.5) is 5.69 Å².